The van der Waals surface area contributed by atoms with E-state index in [1.54, 1.807) is 6.92 Å². The normalized spacial score (nSPS) is 21.5. The molecule has 1 rings (SSSR count). The van der Waals surface area contributed by atoms with E-state index in [1.165, 1.54) is 70.6 Å². The number of aliphatic hydroxyl groups is 2. The molecule has 0 heterocycles. The fourth-order valence-electron chi connectivity index (χ4n) is 2.91. The maximum Gasteiger partial charge on any atom is 0.0459 e. The van der Waals surface area contributed by atoms with E-state index in [0.29, 0.717) is 12.5 Å². The highest BCUT2D eigenvalue weighted by molar-refractivity contribution is 4.67. The summed E-state index contributed by atoms with van der Waals surface area (Å²) in [6.45, 7) is 4.53. The van der Waals surface area contributed by atoms with Crippen LogP contribution < -0.4 is 0 Å². The fraction of sp³-hybridized carbons (Fsp3) is 1.00. The fourth-order valence-corrected chi connectivity index (χ4v) is 2.91. The molecule has 2 N–H and O–H groups in total. The van der Waals surface area contributed by atoms with E-state index < -0.39 is 0 Å². The minimum Gasteiger partial charge on any atom is -0.397 e. The van der Waals surface area contributed by atoms with Crippen LogP contribution in [0.3, 0.4) is 0 Å². The van der Waals surface area contributed by atoms with Crippen LogP contribution in [0.1, 0.15) is 84.5 Å². The highest BCUT2D eigenvalue weighted by Crippen LogP contribution is 2.26. The van der Waals surface area contributed by atoms with Gasteiger partial charge in [-0.25, -0.2) is 0 Å². The SMILES string of the molecule is CC(CO)C1CCCCCCCCCCC1.CCO. The Balaban J connectivity index is 0.000000982. The van der Waals surface area contributed by atoms with E-state index >= 15 is 0 Å². The Labute approximate surface area is 120 Å². The summed E-state index contributed by atoms with van der Waals surface area (Å²) >= 11 is 0. The molecule has 0 aromatic heterocycles. The lowest BCUT2D eigenvalue weighted by atomic mass is 9.84. The molecule has 0 spiro atoms. The average molecular weight is 272 g/mol. The van der Waals surface area contributed by atoms with Gasteiger partial charge in [0.05, 0.1) is 0 Å². The van der Waals surface area contributed by atoms with Crippen molar-refractivity contribution in [3.8, 4) is 0 Å². The summed E-state index contributed by atoms with van der Waals surface area (Å²) in [5, 5.41) is 16.8. The molecule has 0 aliphatic heterocycles. The standard InChI is InChI=1S/C15H30O.C2H6O/c1-14(13-16)15-11-9-7-5-3-2-4-6-8-10-12-15;1-2-3/h14-16H,2-13H2,1H3;3H,2H2,1H3. The second kappa shape index (κ2) is 14.3. The molecule has 1 aliphatic rings. The van der Waals surface area contributed by atoms with Crippen molar-refractivity contribution < 1.29 is 10.2 Å². The second-order valence-corrected chi connectivity index (χ2v) is 6.00. The monoisotopic (exact) mass is 272 g/mol. The summed E-state index contributed by atoms with van der Waals surface area (Å²) in [4.78, 5) is 0. The van der Waals surface area contributed by atoms with Crippen molar-refractivity contribution in [2.75, 3.05) is 13.2 Å². The van der Waals surface area contributed by atoms with Gasteiger partial charge < -0.3 is 10.2 Å². The molecule has 19 heavy (non-hydrogen) atoms. The third kappa shape index (κ3) is 11.4. The Kier molecular flexibility index (Phi) is 14.3. The highest BCUT2D eigenvalue weighted by atomic mass is 16.3. The third-order valence-electron chi connectivity index (χ3n) is 4.24. The van der Waals surface area contributed by atoms with Crippen LogP contribution in [0.5, 0.6) is 0 Å². The van der Waals surface area contributed by atoms with Crippen molar-refractivity contribution in [3.63, 3.8) is 0 Å². The minimum absolute atomic E-state index is 0.250. The molecule has 0 saturated heterocycles. The molecule has 0 aromatic rings. The maximum absolute atomic E-state index is 9.28. The molecule has 1 aliphatic carbocycles. The molecule has 2 nitrogen and oxygen atoms in total. The van der Waals surface area contributed by atoms with E-state index in [2.05, 4.69) is 6.92 Å². The number of aliphatic hydroxyl groups excluding tert-OH is 2. The zero-order valence-corrected chi connectivity index (χ0v) is 13.2. The second-order valence-electron chi connectivity index (χ2n) is 6.00. The van der Waals surface area contributed by atoms with Crippen molar-refractivity contribution in [1.29, 1.82) is 0 Å². The topological polar surface area (TPSA) is 40.5 Å². The minimum atomic E-state index is 0.250. The quantitative estimate of drug-likeness (QED) is 0.775. The molecule has 0 radical (unpaired) electrons. The van der Waals surface area contributed by atoms with Gasteiger partial charge in [-0.1, -0.05) is 77.6 Å². The Morgan fingerprint density at radius 1 is 0.789 bits per heavy atom. The molecule has 1 fully saturated rings. The van der Waals surface area contributed by atoms with Crippen LogP contribution in [0.15, 0.2) is 0 Å². The van der Waals surface area contributed by atoms with Crippen LogP contribution in [0.25, 0.3) is 0 Å². The molecule has 116 valence electrons. The van der Waals surface area contributed by atoms with Gasteiger partial charge in [0.15, 0.2) is 0 Å². The van der Waals surface area contributed by atoms with Crippen LogP contribution in [0, 0.1) is 11.8 Å². The van der Waals surface area contributed by atoms with Crippen molar-refractivity contribution in [2.24, 2.45) is 11.8 Å². The maximum atomic E-state index is 9.28. The predicted octanol–water partition coefficient (Wildman–Crippen LogP) is 4.53. The molecule has 0 aromatic carbocycles. The first-order valence-electron chi connectivity index (χ1n) is 8.47. The van der Waals surface area contributed by atoms with Gasteiger partial charge in [-0.3, -0.25) is 0 Å². The first-order chi connectivity index (χ1) is 9.26. The van der Waals surface area contributed by atoms with Crippen molar-refractivity contribution in [3.05, 3.63) is 0 Å². The van der Waals surface area contributed by atoms with Gasteiger partial charge >= 0.3 is 0 Å². The summed E-state index contributed by atoms with van der Waals surface area (Å²) in [5.74, 6) is 1.30. The molecule has 1 saturated carbocycles. The van der Waals surface area contributed by atoms with E-state index in [1.807, 2.05) is 0 Å². The highest BCUT2D eigenvalue weighted by Gasteiger charge is 2.16. The summed E-state index contributed by atoms with van der Waals surface area (Å²) in [5.41, 5.74) is 0. The summed E-state index contributed by atoms with van der Waals surface area (Å²) in [7, 11) is 0. The van der Waals surface area contributed by atoms with Gasteiger partial charge in [-0.2, -0.15) is 0 Å². The van der Waals surface area contributed by atoms with Gasteiger partial charge in [0.25, 0.3) is 0 Å². The Morgan fingerprint density at radius 3 is 1.42 bits per heavy atom. The summed E-state index contributed by atoms with van der Waals surface area (Å²) < 4.78 is 0. The third-order valence-corrected chi connectivity index (χ3v) is 4.24. The van der Waals surface area contributed by atoms with Crippen LogP contribution >= 0.6 is 0 Å². The lowest BCUT2D eigenvalue weighted by molar-refractivity contribution is 0.171. The molecule has 0 bridgehead atoms. The van der Waals surface area contributed by atoms with Gasteiger partial charge in [0.1, 0.15) is 0 Å². The molecular formula is C17H36O2. The van der Waals surface area contributed by atoms with E-state index in [4.69, 9.17) is 5.11 Å². The Morgan fingerprint density at radius 2 is 1.11 bits per heavy atom. The zero-order chi connectivity index (χ0) is 14.3. The van der Waals surface area contributed by atoms with Crippen LogP contribution in [0.2, 0.25) is 0 Å². The van der Waals surface area contributed by atoms with Gasteiger partial charge in [-0.15, -0.1) is 0 Å². The molecule has 0 amide bonds. The van der Waals surface area contributed by atoms with Crippen LogP contribution in [0.4, 0.5) is 0 Å². The zero-order valence-electron chi connectivity index (χ0n) is 13.2. The van der Waals surface area contributed by atoms with Crippen LogP contribution in [-0.2, 0) is 0 Å². The van der Waals surface area contributed by atoms with Gasteiger partial charge in [0, 0.05) is 13.2 Å². The lowest BCUT2D eigenvalue weighted by Gasteiger charge is -2.22. The number of rotatable bonds is 2. The molecule has 1 unspecified atom stereocenters. The Bertz CT molecular complexity index is 159. The summed E-state index contributed by atoms with van der Waals surface area (Å²) in [6, 6.07) is 0. The smallest absolute Gasteiger partial charge is 0.0459 e. The molecular weight excluding hydrogens is 236 g/mol. The van der Waals surface area contributed by atoms with Gasteiger partial charge in [0.2, 0.25) is 0 Å². The summed E-state index contributed by atoms with van der Waals surface area (Å²) in [6.07, 6.45) is 15.5. The van der Waals surface area contributed by atoms with Gasteiger partial charge in [-0.05, 0) is 18.8 Å². The predicted molar refractivity (Wildman–Crippen MR) is 83.3 cm³/mol. The Hall–Kier alpha value is -0.0800. The molecule has 2 heteroatoms. The number of hydrogen-bond donors (Lipinski definition) is 2. The largest absolute Gasteiger partial charge is 0.397 e. The van der Waals surface area contributed by atoms with E-state index in [-0.39, 0.29) is 6.61 Å². The lowest BCUT2D eigenvalue weighted by Crippen LogP contribution is -2.15. The number of hydrogen-bond acceptors (Lipinski definition) is 2. The van der Waals surface area contributed by atoms with E-state index in [0.717, 1.165) is 5.92 Å². The van der Waals surface area contributed by atoms with E-state index in [9.17, 15) is 5.11 Å². The molecule has 1 atom stereocenters. The first-order valence-corrected chi connectivity index (χ1v) is 8.47. The van der Waals surface area contributed by atoms with Crippen molar-refractivity contribution >= 4 is 0 Å². The van der Waals surface area contributed by atoms with Crippen LogP contribution in [-0.4, -0.2) is 23.4 Å². The van der Waals surface area contributed by atoms with Crippen molar-refractivity contribution in [2.45, 2.75) is 84.5 Å². The average Bonchev–Trinajstić information content (AvgIpc) is 2.39. The first kappa shape index (κ1) is 18.9. The van der Waals surface area contributed by atoms with Crippen molar-refractivity contribution in [1.82, 2.24) is 0 Å².